The third-order valence-electron chi connectivity index (χ3n) is 9.20. The molecule has 0 amide bonds. The monoisotopic (exact) mass is 520 g/mol. The Hall–Kier alpha value is -5.39. The van der Waals surface area contributed by atoms with Crippen molar-refractivity contribution in [3.63, 3.8) is 0 Å². The summed E-state index contributed by atoms with van der Waals surface area (Å²) in [5.41, 5.74) is 15.0. The zero-order valence-electron chi connectivity index (χ0n) is 22.3. The highest BCUT2D eigenvalue weighted by atomic mass is 15.2. The van der Waals surface area contributed by atoms with Gasteiger partial charge in [0.2, 0.25) is 0 Å². The first-order chi connectivity index (χ1) is 20.3. The van der Waals surface area contributed by atoms with Crippen LogP contribution in [0, 0.1) is 17.2 Å². The molecule has 5 aromatic carbocycles. The molecule has 1 heterocycles. The summed E-state index contributed by atoms with van der Waals surface area (Å²) in [5.74, 6) is 0.370. The zero-order chi connectivity index (χ0) is 27.1. The molecule has 3 aliphatic carbocycles. The smallest absolute Gasteiger partial charge is 0.0998 e. The van der Waals surface area contributed by atoms with Crippen LogP contribution in [0.25, 0.3) is 16.7 Å². The highest BCUT2D eigenvalue weighted by molar-refractivity contribution is 5.98. The van der Waals surface area contributed by atoms with Gasteiger partial charge in [-0.3, -0.25) is 0 Å². The van der Waals surface area contributed by atoms with Crippen LogP contribution in [0.3, 0.4) is 0 Å². The number of nitrogens with zero attached hydrogens (tertiary/aromatic N) is 2. The van der Waals surface area contributed by atoms with Crippen LogP contribution < -0.4 is 4.90 Å². The Morgan fingerprint density at radius 1 is 0.634 bits per heavy atom. The molecule has 0 saturated heterocycles. The maximum Gasteiger partial charge on any atom is 0.0998 e. The molecular formula is C39H24N2. The minimum atomic E-state index is -0.455. The predicted octanol–water partition coefficient (Wildman–Crippen LogP) is 9.24. The molecule has 2 nitrogen and oxygen atoms in total. The van der Waals surface area contributed by atoms with Crippen LogP contribution in [0.15, 0.2) is 151 Å². The number of benzene rings is 5. The van der Waals surface area contributed by atoms with Gasteiger partial charge in [-0.25, -0.2) is 0 Å². The van der Waals surface area contributed by atoms with Crippen molar-refractivity contribution in [1.29, 1.82) is 5.26 Å². The predicted molar refractivity (Wildman–Crippen MR) is 165 cm³/mol. The number of nitriles is 1. The van der Waals surface area contributed by atoms with Crippen molar-refractivity contribution < 1.29 is 0 Å². The molecule has 1 atom stereocenters. The molecule has 41 heavy (non-hydrogen) atoms. The molecule has 0 saturated carbocycles. The number of fused-ring (bicyclic) bond motifs is 10. The fraction of sp³-hybridized carbons (Fsp3) is 0.0513. The van der Waals surface area contributed by atoms with Crippen molar-refractivity contribution in [2.75, 3.05) is 4.90 Å². The van der Waals surface area contributed by atoms with E-state index in [1.165, 1.54) is 50.3 Å². The van der Waals surface area contributed by atoms with Crippen LogP contribution in [-0.4, -0.2) is 0 Å². The van der Waals surface area contributed by atoms with E-state index >= 15 is 0 Å². The van der Waals surface area contributed by atoms with Gasteiger partial charge in [0.15, 0.2) is 0 Å². The standard InChI is InChI=1S/C39H24N2/c40-24-27-19-18-25-22-30(25)38(27)26-20-21-33-31(23-26)29-12-4-5-13-32(29)39(33)34-14-6-8-16-36(34)41(28-10-2-1-3-11-28)37-17-9-7-15-35(37)39/h1-23,25H. The van der Waals surface area contributed by atoms with Gasteiger partial charge in [-0.2, -0.15) is 5.26 Å². The van der Waals surface area contributed by atoms with Crippen LogP contribution in [-0.2, 0) is 5.41 Å². The van der Waals surface area contributed by atoms with Gasteiger partial charge < -0.3 is 4.90 Å². The average Bonchev–Trinajstić information content (AvgIpc) is 3.78. The summed E-state index contributed by atoms with van der Waals surface area (Å²) in [6.45, 7) is 0. The second-order valence-corrected chi connectivity index (χ2v) is 11.2. The lowest BCUT2D eigenvalue weighted by Crippen LogP contribution is -2.36. The molecule has 4 aliphatic rings. The van der Waals surface area contributed by atoms with Gasteiger partial charge in [0, 0.05) is 17.2 Å². The van der Waals surface area contributed by atoms with E-state index in [9.17, 15) is 5.26 Å². The molecule has 0 radical (unpaired) electrons. The quantitative estimate of drug-likeness (QED) is 0.227. The fourth-order valence-corrected chi connectivity index (χ4v) is 7.53. The molecule has 0 aromatic heterocycles. The Kier molecular flexibility index (Phi) is 4.41. The summed E-state index contributed by atoms with van der Waals surface area (Å²) in [6, 6.07) is 46.7. The maximum absolute atomic E-state index is 9.96. The topological polar surface area (TPSA) is 27.0 Å². The lowest BCUT2D eigenvalue weighted by atomic mass is 9.64. The van der Waals surface area contributed by atoms with Crippen molar-refractivity contribution in [3.05, 3.63) is 179 Å². The van der Waals surface area contributed by atoms with Gasteiger partial charge in [0.05, 0.1) is 28.4 Å². The first-order valence-corrected chi connectivity index (χ1v) is 14.1. The maximum atomic E-state index is 9.96. The number of allylic oxidation sites excluding steroid dienone is 6. The highest BCUT2D eigenvalue weighted by Gasteiger charge is 2.51. The van der Waals surface area contributed by atoms with Gasteiger partial charge in [0.25, 0.3) is 0 Å². The van der Waals surface area contributed by atoms with E-state index in [-0.39, 0.29) is 0 Å². The molecule has 0 N–H and O–H groups in total. The summed E-state index contributed by atoms with van der Waals surface area (Å²) in [4.78, 5) is 2.41. The van der Waals surface area contributed by atoms with E-state index in [1.54, 1.807) is 0 Å². The average molecular weight is 521 g/mol. The van der Waals surface area contributed by atoms with Crippen LogP contribution in [0.5, 0.6) is 0 Å². The number of para-hydroxylation sites is 3. The van der Waals surface area contributed by atoms with Crippen LogP contribution in [0.4, 0.5) is 17.1 Å². The Morgan fingerprint density at radius 2 is 1.27 bits per heavy atom. The minimum absolute atomic E-state index is 0.370. The van der Waals surface area contributed by atoms with Gasteiger partial charge in [-0.1, -0.05) is 103 Å². The van der Waals surface area contributed by atoms with Crippen molar-refractivity contribution >= 4 is 22.6 Å². The third-order valence-corrected chi connectivity index (χ3v) is 9.20. The van der Waals surface area contributed by atoms with Crippen molar-refractivity contribution in [2.24, 2.45) is 5.92 Å². The molecule has 0 bridgehead atoms. The summed E-state index contributed by atoms with van der Waals surface area (Å²) < 4.78 is 0. The SMILES string of the molecule is N#CC1=C(c2ccc3c(c2)-c2ccccc2C32c3ccccc3N(c3ccccc3)c3ccccc32)C2=CC2C=C1. The van der Waals surface area contributed by atoms with Gasteiger partial charge >= 0.3 is 0 Å². The van der Waals surface area contributed by atoms with E-state index < -0.39 is 5.41 Å². The molecule has 5 aromatic rings. The number of rotatable bonds is 2. The molecule has 190 valence electrons. The fourth-order valence-electron chi connectivity index (χ4n) is 7.53. The second kappa shape index (κ2) is 8.07. The first-order valence-electron chi connectivity index (χ1n) is 14.1. The number of hydrogen-bond acceptors (Lipinski definition) is 2. The Balaban J connectivity index is 1.37. The molecule has 9 rings (SSSR count). The summed E-state index contributed by atoms with van der Waals surface area (Å²) >= 11 is 0. The lowest BCUT2D eigenvalue weighted by molar-refractivity contribution is 0.752. The highest BCUT2D eigenvalue weighted by Crippen LogP contribution is 2.63. The molecule has 1 unspecified atom stereocenters. The summed E-state index contributed by atoms with van der Waals surface area (Å²) in [6.07, 6.45) is 6.37. The molecule has 1 aliphatic heterocycles. The molecule has 1 spiro atoms. The van der Waals surface area contributed by atoms with E-state index in [4.69, 9.17) is 0 Å². The number of anilines is 3. The van der Waals surface area contributed by atoms with Crippen LogP contribution >= 0.6 is 0 Å². The minimum Gasteiger partial charge on any atom is -0.310 e. The largest absolute Gasteiger partial charge is 0.310 e. The van der Waals surface area contributed by atoms with E-state index in [0.717, 1.165) is 22.4 Å². The Bertz CT molecular complexity index is 2020. The molecule has 0 fully saturated rings. The van der Waals surface area contributed by atoms with Gasteiger partial charge in [-0.15, -0.1) is 0 Å². The van der Waals surface area contributed by atoms with Crippen LogP contribution in [0.1, 0.15) is 27.8 Å². The summed E-state index contributed by atoms with van der Waals surface area (Å²) in [7, 11) is 0. The zero-order valence-corrected chi connectivity index (χ0v) is 22.3. The van der Waals surface area contributed by atoms with Crippen molar-refractivity contribution in [1.82, 2.24) is 0 Å². The normalized spacial score (nSPS) is 18.1. The summed E-state index contributed by atoms with van der Waals surface area (Å²) in [5, 5.41) is 9.96. The van der Waals surface area contributed by atoms with E-state index in [2.05, 4.69) is 144 Å². The second-order valence-electron chi connectivity index (χ2n) is 11.2. The van der Waals surface area contributed by atoms with Crippen molar-refractivity contribution in [3.8, 4) is 17.2 Å². The molecule has 2 heteroatoms. The van der Waals surface area contributed by atoms with Gasteiger partial charge in [0.1, 0.15) is 0 Å². The first kappa shape index (κ1) is 22.4. The Labute approximate surface area is 239 Å². The lowest BCUT2D eigenvalue weighted by Gasteiger charge is -2.45. The van der Waals surface area contributed by atoms with E-state index in [1.807, 2.05) is 6.08 Å². The van der Waals surface area contributed by atoms with Crippen LogP contribution in [0.2, 0.25) is 0 Å². The Morgan fingerprint density at radius 3 is 2.00 bits per heavy atom. The van der Waals surface area contributed by atoms with Gasteiger partial charge in [-0.05, 0) is 80.9 Å². The molecular weight excluding hydrogens is 496 g/mol. The van der Waals surface area contributed by atoms with E-state index in [0.29, 0.717) is 5.92 Å². The third kappa shape index (κ3) is 2.85. The number of hydrogen-bond donors (Lipinski definition) is 0. The van der Waals surface area contributed by atoms with Crippen molar-refractivity contribution in [2.45, 2.75) is 5.41 Å².